The zero-order valence-corrected chi connectivity index (χ0v) is 11.9. The summed E-state index contributed by atoms with van der Waals surface area (Å²) in [7, 11) is 0. The van der Waals surface area contributed by atoms with Gasteiger partial charge < -0.3 is 31.4 Å². The summed E-state index contributed by atoms with van der Waals surface area (Å²) in [5.74, 6) is 0. The highest BCUT2D eigenvalue weighted by molar-refractivity contribution is 5.56. The van der Waals surface area contributed by atoms with E-state index in [1.165, 1.54) is 0 Å². The Bertz CT molecular complexity index is 476. The van der Waals surface area contributed by atoms with E-state index < -0.39 is 0 Å². The molecule has 0 aromatic heterocycles. The number of rotatable bonds is 6. The van der Waals surface area contributed by atoms with Gasteiger partial charge in [0.25, 0.3) is 0 Å². The topological polar surface area (TPSA) is 116 Å². The van der Waals surface area contributed by atoms with Crippen LogP contribution in [0.25, 0.3) is 0 Å². The molecule has 3 aliphatic rings. The summed E-state index contributed by atoms with van der Waals surface area (Å²) in [4.78, 5) is 0. The normalized spacial score (nSPS) is 29.6. The van der Waals surface area contributed by atoms with E-state index in [1.54, 1.807) is 0 Å². The molecule has 0 saturated carbocycles. The van der Waals surface area contributed by atoms with Gasteiger partial charge in [-0.25, -0.2) is 0 Å². The van der Waals surface area contributed by atoms with Crippen molar-refractivity contribution >= 4 is 0 Å². The van der Waals surface area contributed by atoms with Gasteiger partial charge in [0.15, 0.2) is 0 Å². The molecule has 6 nitrogen and oxygen atoms in total. The molecule has 3 aliphatic heterocycles. The van der Waals surface area contributed by atoms with Crippen LogP contribution in [0.1, 0.15) is 51.7 Å². The number of epoxide rings is 3. The molecule has 1 aromatic rings. The number of ether oxygens (including phenoxy) is 3. The lowest BCUT2D eigenvalue weighted by molar-refractivity contribution is 0.399. The Labute approximate surface area is 123 Å². The Balaban J connectivity index is 2.00. The van der Waals surface area contributed by atoms with Gasteiger partial charge in [-0.15, -0.1) is 0 Å². The molecule has 3 atom stereocenters. The largest absolute Gasteiger partial charge is 0.368 e. The van der Waals surface area contributed by atoms with Gasteiger partial charge in [0.2, 0.25) is 0 Å². The Hall–Kier alpha value is -1.02. The van der Waals surface area contributed by atoms with Crippen LogP contribution in [0, 0.1) is 0 Å². The van der Waals surface area contributed by atoms with Gasteiger partial charge in [-0.05, 0) is 33.4 Å². The predicted octanol–water partition coefficient (Wildman–Crippen LogP) is 0.277. The van der Waals surface area contributed by atoms with Crippen molar-refractivity contribution in [2.24, 2.45) is 17.2 Å². The Morgan fingerprint density at radius 1 is 0.619 bits per heavy atom. The second-order valence-corrected chi connectivity index (χ2v) is 5.75. The molecule has 3 heterocycles. The second kappa shape index (κ2) is 5.01. The van der Waals surface area contributed by atoms with E-state index in [1.807, 2.05) is 0 Å². The smallest absolute Gasteiger partial charge is 0.107 e. The first-order valence-corrected chi connectivity index (χ1v) is 7.45. The third-order valence-electron chi connectivity index (χ3n) is 4.53. The average Bonchev–Trinajstić information content (AvgIpc) is 3.38. The van der Waals surface area contributed by atoms with Crippen molar-refractivity contribution in [2.75, 3.05) is 19.8 Å². The Morgan fingerprint density at radius 2 is 0.857 bits per heavy atom. The quantitative estimate of drug-likeness (QED) is 0.648. The number of hydrogen-bond donors (Lipinski definition) is 3. The lowest BCUT2D eigenvalue weighted by Gasteiger charge is -2.23. The number of hydrogen-bond acceptors (Lipinski definition) is 6. The van der Waals surface area contributed by atoms with Gasteiger partial charge in [-0.3, -0.25) is 0 Å². The summed E-state index contributed by atoms with van der Waals surface area (Å²) < 4.78 is 16.6. The first-order chi connectivity index (χ1) is 10.3. The molecule has 114 valence electrons. The maximum absolute atomic E-state index is 6.05. The maximum Gasteiger partial charge on any atom is 0.107 e. The van der Waals surface area contributed by atoms with Crippen LogP contribution >= 0.6 is 0 Å². The standard InChI is InChI=1S/C15H21N3O3/c16-1-7-13(10-4-19-10)8(2-17)15(12-6-21-12)9(3-18)14(7)11-5-20-11/h10-12H,1-6,16-18H2/t10-,11-,12?/m1/s1. The summed E-state index contributed by atoms with van der Waals surface area (Å²) in [6, 6.07) is 0. The van der Waals surface area contributed by atoms with Crippen LogP contribution in [0.2, 0.25) is 0 Å². The molecular formula is C15H21N3O3. The molecule has 0 bridgehead atoms. The Kier molecular flexibility index (Phi) is 3.25. The molecule has 0 aliphatic carbocycles. The SMILES string of the molecule is NCc1c(C2CO2)c(CN)c([C@H]2CO2)c(CN)c1[C@H]1CO1. The van der Waals surface area contributed by atoms with E-state index in [4.69, 9.17) is 31.4 Å². The molecule has 0 spiro atoms. The fourth-order valence-electron chi connectivity index (χ4n) is 3.45. The zero-order chi connectivity index (χ0) is 14.6. The van der Waals surface area contributed by atoms with Crippen LogP contribution in [0.4, 0.5) is 0 Å². The van der Waals surface area contributed by atoms with Crippen molar-refractivity contribution in [3.05, 3.63) is 33.4 Å². The van der Waals surface area contributed by atoms with Gasteiger partial charge >= 0.3 is 0 Å². The molecule has 3 fully saturated rings. The summed E-state index contributed by atoms with van der Waals surface area (Å²) in [5.41, 5.74) is 25.0. The van der Waals surface area contributed by atoms with Crippen molar-refractivity contribution in [1.29, 1.82) is 0 Å². The third kappa shape index (κ3) is 2.19. The van der Waals surface area contributed by atoms with Gasteiger partial charge in [-0.2, -0.15) is 0 Å². The summed E-state index contributed by atoms with van der Waals surface area (Å²) >= 11 is 0. The molecule has 4 rings (SSSR count). The van der Waals surface area contributed by atoms with E-state index in [-0.39, 0.29) is 18.3 Å². The van der Waals surface area contributed by atoms with E-state index in [9.17, 15) is 0 Å². The molecule has 3 saturated heterocycles. The number of benzene rings is 1. The highest BCUT2D eigenvalue weighted by atomic mass is 16.6. The van der Waals surface area contributed by atoms with Gasteiger partial charge in [0, 0.05) is 19.6 Å². The van der Waals surface area contributed by atoms with Crippen LogP contribution in [0.3, 0.4) is 0 Å². The molecule has 1 unspecified atom stereocenters. The molecule has 6 N–H and O–H groups in total. The molecule has 0 amide bonds. The van der Waals surface area contributed by atoms with Crippen LogP contribution < -0.4 is 17.2 Å². The fourth-order valence-corrected chi connectivity index (χ4v) is 3.45. The van der Waals surface area contributed by atoms with Gasteiger partial charge in [-0.1, -0.05) is 0 Å². The van der Waals surface area contributed by atoms with Crippen LogP contribution in [-0.4, -0.2) is 19.8 Å². The van der Waals surface area contributed by atoms with Crippen LogP contribution in [0.15, 0.2) is 0 Å². The summed E-state index contributed by atoms with van der Waals surface area (Å²) in [6.45, 7) is 3.57. The first-order valence-electron chi connectivity index (χ1n) is 7.45. The second-order valence-electron chi connectivity index (χ2n) is 5.75. The van der Waals surface area contributed by atoms with Crippen molar-refractivity contribution in [3.8, 4) is 0 Å². The summed E-state index contributed by atoms with van der Waals surface area (Å²) in [5, 5.41) is 0. The van der Waals surface area contributed by atoms with E-state index in [2.05, 4.69) is 0 Å². The first kappa shape index (κ1) is 13.6. The summed E-state index contributed by atoms with van der Waals surface area (Å²) in [6.07, 6.45) is 0.344. The minimum absolute atomic E-state index is 0.115. The number of nitrogens with two attached hydrogens (primary N) is 3. The minimum Gasteiger partial charge on any atom is -0.368 e. The van der Waals surface area contributed by atoms with E-state index in [0.717, 1.165) is 53.2 Å². The monoisotopic (exact) mass is 291 g/mol. The average molecular weight is 291 g/mol. The van der Waals surface area contributed by atoms with Crippen molar-refractivity contribution < 1.29 is 14.2 Å². The lowest BCUT2D eigenvalue weighted by Crippen LogP contribution is -2.19. The Morgan fingerprint density at radius 3 is 1.00 bits per heavy atom. The molecule has 6 heteroatoms. The van der Waals surface area contributed by atoms with Gasteiger partial charge in [0.1, 0.15) is 18.3 Å². The third-order valence-corrected chi connectivity index (χ3v) is 4.53. The van der Waals surface area contributed by atoms with Crippen LogP contribution in [0.5, 0.6) is 0 Å². The maximum atomic E-state index is 6.05. The fraction of sp³-hybridized carbons (Fsp3) is 0.600. The molecule has 1 aromatic carbocycles. The minimum atomic E-state index is 0.115. The lowest BCUT2D eigenvalue weighted by atomic mass is 9.82. The van der Waals surface area contributed by atoms with Crippen LogP contribution in [-0.2, 0) is 33.8 Å². The highest BCUT2D eigenvalue weighted by Crippen LogP contribution is 2.48. The van der Waals surface area contributed by atoms with E-state index in [0.29, 0.717) is 19.6 Å². The van der Waals surface area contributed by atoms with Crippen molar-refractivity contribution in [1.82, 2.24) is 0 Å². The predicted molar refractivity (Wildman–Crippen MR) is 76.2 cm³/mol. The highest BCUT2D eigenvalue weighted by Gasteiger charge is 2.41. The zero-order valence-electron chi connectivity index (χ0n) is 11.9. The molecule has 21 heavy (non-hydrogen) atoms. The van der Waals surface area contributed by atoms with E-state index >= 15 is 0 Å². The van der Waals surface area contributed by atoms with Gasteiger partial charge in [0.05, 0.1) is 19.8 Å². The molecular weight excluding hydrogens is 270 g/mol. The van der Waals surface area contributed by atoms with Crippen molar-refractivity contribution in [2.45, 2.75) is 37.9 Å². The molecule has 0 radical (unpaired) electrons. The van der Waals surface area contributed by atoms with Crippen molar-refractivity contribution in [3.63, 3.8) is 0 Å².